The van der Waals surface area contributed by atoms with Gasteiger partial charge in [0.15, 0.2) is 0 Å². The Balaban J connectivity index is 1.31. The highest BCUT2D eigenvalue weighted by Crippen LogP contribution is 2.34. The monoisotopic (exact) mass is 518 g/mol. The molecule has 3 aromatic carbocycles. The van der Waals surface area contributed by atoms with Crippen LogP contribution in [0.5, 0.6) is 5.75 Å². The van der Waals surface area contributed by atoms with Gasteiger partial charge in [0.2, 0.25) is 5.71 Å². The molecule has 39 heavy (non-hydrogen) atoms. The minimum absolute atomic E-state index is 0.128. The number of ether oxygens (including phenoxy) is 1. The van der Waals surface area contributed by atoms with Crippen molar-refractivity contribution in [3.8, 4) is 16.9 Å². The summed E-state index contributed by atoms with van der Waals surface area (Å²) in [5.41, 5.74) is 7.80. The average Bonchev–Trinajstić information content (AvgIpc) is 3.34. The Morgan fingerprint density at radius 2 is 1.69 bits per heavy atom. The van der Waals surface area contributed by atoms with E-state index < -0.39 is 17.4 Å². The number of carbonyl (C=O) groups is 2. The summed E-state index contributed by atoms with van der Waals surface area (Å²) in [5, 5.41) is 2.11. The molecule has 0 aliphatic carbocycles. The third-order valence-corrected chi connectivity index (χ3v) is 6.58. The maximum Gasteiger partial charge on any atom is 0.350 e. The molecule has 0 saturated heterocycles. The van der Waals surface area contributed by atoms with Crippen molar-refractivity contribution in [1.29, 1.82) is 0 Å². The van der Waals surface area contributed by atoms with Crippen LogP contribution in [0.1, 0.15) is 26.4 Å². The Labute approximate surface area is 221 Å². The van der Waals surface area contributed by atoms with Crippen LogP contribution in [0.25, 0.3) is 44.0 Å². The minimum atomic E-state index is -0.864. The quantitative estimate of drug-likeness (QED) is 0.226. The molecular formula is C30H22N4O5. The molecule has 0 spiro atoms. The summed E-state index contributed by atoms with van der Waals surface area (Å²) in [6.45, 7) is 1.91. The van der Waals surface area contributed by atoms with Crippen LogP contribution < -0.4 is 21.2 Å². The van der Waals surface area contributed by atoms with Gasteiger partial charge in [0, 0.05) is 27.2 Å². The number of hydrogen-bond donors (Lipinski definition) is 3. The number of rotatable bonds is 4. The van der Waals surface area contributed by atoms with E-state index >= 15 is 0 Å². The first-order chi connectivity index (χ1) is 18.9. The SMILES string of the molecule is COc1ccc2[nH]c(C(=O)NNC(=O)c3cc4cc5cccc(C)c5nc4oc3=O)c(-c3ccccc3)c2c1. The molecule has 9 heteroatoms. The van der Waals surface area contributed by atoms with Crippen molar-refractivity contribution in [2.24, 2.45) is 0 Å². The molecule has 0 aliphatic heterocycles. The molecule has 192 valence electrons. The van der Waals surface area contributed by atoms with Crippen molar-refractivity contribution < 1.29 is 18.7 Å². The Hall–Kier alpha value is -5.44. The molecule has 3 heterocycles. The molecule has 3 N–H and O–H groups in total. The highest BCUT2D eigenvalue weighted by Gasteiger charge is 2.21. The number of aromatic amines is 1. The number of aromatic nitrogens is 2. The van der Waals surface area contributed by atoms with Gasteiger partial charge in [-0.3, -0.25) is 20.4 Å². The summed E-state index contributed by atoms with van der Waals surface area (Å²) in [5.74, 6) is -0.771. The van der Waals surface area contributed by atoms with Gasteiger partial charge in [0.25, 0.3) is 11.8 Å². The molecule has 0 unspecified atom stereocenters. The standard InChI is InChI=1S/C30H22N4O5/c1-16-7-6-10-18-13-19-14-22(30(37)39-29(19)32-25(16)18)27(35)33-34-28(36)26-24(17-8-4-3-5-9-17)21-15-20(38-2)11-12-23(21)31-26/h3-15,31H,1-2H3,(H,33,35)(H,34,36). The Bertz CT molecular complexity index is 1980. The van der Waals surface area contributed by atoms with Gasteiger partial charge in [0.1, 0.15) is 17.0 Å². The van der Waals surface area contributed by atoms with Crippen LogP contribution in [0.2, 0.25) is 0 Å². The second-order valence-corrected chi connectivity index (χ2v) is 9.04. The van der Waals surface area contributed by atoms with E-state index in [-0.39, 0.29) is 17.0 Å². The summed E-state index contributed by atoms with van der Waals surface area (Å²) >= 11 is 0. The van der Waals surface area contributed by atoms with Gasteiger partial charge in [-0.15, -0.1) is 0 Å². The second-order valence-electron chi connectivity index (χ2n) is 9.04. The Morgan fingerprint density at radius 1 is 0.897 bits per heavy atom. The minimum Gasteiger partial charge on any atom is -0.497 e. The van der Waals surface area contributed by atoms with Crippen LogP contribution in [0.3, 0.4) is 0 Å². The number of pyridine rings is 1. The number of fused-ring (bicyclic) bond motifs is 3. The van der Waals surface area contributed by atoms with Gasteiger partial charge in [-0.2, -0.15) is 0 Å². The Kier molecular flexibility index (Phi) is 5.80. The van der Waals surface area contributed by atoms with Crippen molar-refractivity contribution >= 4 is 44.7 Å². The van der Waals surface area contributed by atoms with E-state index in [0.29, 0.717) is 22.2 Å². The summed E-state index contributed by atoms with van der Waals surface area (Å²) in [7, 11) is 1.57. The van der Waals surface area contributed by atoms with Gasteiger partial charge in [-0.05, 0) is 48.4 Å². The van der Waals surface area contributed by atoms with Crippen LogP contribution in [-0.2, 0) is 0 Å². The van der Waals surface area contributed by atoms with Crippen molar-refractivity contribution in [1.82, 2.24) is 20.8 Å². The average molecular weight is 519 g/mol. The second kappa shape index (κ2) is 9.46. The van der Waals surface area contributed by atoms with E-state index in [0.717, 1.165) is 27.4 Å². The van der Waals surface area contributed by atoms with Crippen LogP contribution in [0.15, 0.2) is 88.1 Å². The van der Waals surface area contributed by atoms with Crippen LogP contribution in [0.4, 0.5) is 0 Å². The maximum absolute atomic E-state index is 13.3. The molecular weight excluding hydrogens is 496 g/mol. The number of hydrogen-bond acceptors (Lipinski definition) is 6. The number of benzene rings is 3. The highest BCUT2D eigenvalue weighted by molar-refractivity contribution is 6.10. The molecule has 3 aromatic heterocycles. The largest absolute Gasteiger partial charge is 0.497 e. The van der Waals surface area contributed by atoms with Gasteiger partial charge in [-0.25, -0.2) is 9.78 Å². The number of carbonyl (C=O) groups excluding carboxylic acids is 2. The number of amides is 2. The topological polar surface area (TPSA) is 126 Å². The number of methoxy groups -OCH3 is 1. The van der Waals surface area contributed by atoms with E-state index in [2.05, 4.69) is 20.8 Å². The molecule has 0 fully saturated rings. The fourth-order valence-electron chi connectivity index (χ4n) is 4.66. The van der Waals surface area contributed by atoms with E-state index in [1.54, 1.807) is 19.2 Å². The van der Waals surface area contributed by atoms with Crippen molar-refractivity contribution in [3.63, 3.8) is 0 Å². The summed E-state index contributed by atoms with van der Waals surface area (Å²) in [6.07, 6.45) is 0. The zero-order valence-corrected chi connectivity index (χ0v) is 21.0. The molecule has 2 amide bonds. The van der Waals surface area contributed by atoms with Crippen LogP contribution in [0, 0.1) is 6.92 Å². The molecule has 0 saturated carbocycles. The van der Waals surface area contributed by atoms with E-state index in [4.69, 9.17) is 9.15 Å². The van der Waals surface area contributed by atoms with E-state index in [1.165, 1.54) is 6.07 Å². The smallest absolute Gasteiger partial charge is 0.350 e. The lowest BCUT2D eigenvalue weighted by molar-refractivity contribution is 0.0842. The predicted molar refractivity (Wildman–Crippen MR) is 148 cm³/mol. The third kappa shape index (κ3) is 4.25. The first-order valence-electron chi connectivity index (χ1n) is 12.1. The summed E-state index contributed by atoms with van der Waals surface area (Å²) < 4.78 is 10.7. The molecule has 0 radical (unpaired) electrons. The number of aryl methyl sites for hydroxylation is 1. The maximum atomic E-state index is 13.3. The summed E-state index contributed by atoms with van der Waals surface area (Å²) in [4.78, 5) is 46.4. The first-order valence-corrected chi connectivity index (χ1v) is 12.1. The number of H-pyrrole nitrogens is 1. The van der Waals surface area contributed by atoms with Crippen LogP contribution in [-0.4, -0.2) is 28.9 Å². The van der Waals surface area contributed by atoms with Gasteiger partial charge < -0.3 is 14.1 Å². The van der Waals surface area contributed by atoms with E-state index in [9.17, 15) is 14.4 Å². The molecule has 0 bridgehead atoms. The normalized spacial score (nSPS) is 11.1. The number of nitrogens with one attached hydrogen (secondary N) is 3. The number of nitrogens with zero attached hydrogens (tertiary/aromatic N) is 1. The zero-order chi connectivity index (χ0) is 27.1. The molecule has 6 rings (SSSR count). The van der Waals surface area contributed by atoms with Crippen molar-refractivity contribution in [2.45, 2.75) is 6.92 Å². The molecule has 6 aromatic rings. The lowest BCUT2D eigenvalue weighted by Crippen LogP contribution is -2.43. The molecule has 0 atom stereocenters. The predicted octanol–water partition coefficient (Wildman–Crippen LogP) is 4.88. The van der Waals surface area contributed by atoms with Gasteiger partial charge in [0.05, 0.1) is 12.6 Å². The summed E-state index contributed by atoms with van der Waals surface area (Å²) in [6, 6.07) is 23.7. The zero-order valence-electron chi connectivity index (χ0n) is 21.0. The lowest BCUT2D eigenvalue weighted by Gasteiger charge is -2.09. The van der Waals surface area contributed by atoms with Crippen LogP contribution >= 0.6 is 0 Å². The van der Waals surface area contributed by atoms with Gasteiger partial charge in [-0.1, -0.05) is 48.5 Å². The highest BCUT2D eigenvalue weighted by atomic mass is 16.5. The number of hydrazine groups is 1. The van der Waals surface area contributed by atoms with Crippen molar-refractivity contribution in [2.75, 3.05) is 7.11 Å². The molecule has 0 aliphatic rings. The number of para-hydroxylation sites is 1. The lowest BCUT2D eigenvalue weighted by atomic mass is 10.0. The first kappa shape index (κ1) is 23.9. The van der Waals surface area contributed by atoms with Crippen molar-refractivity contribution in [3.05, 3.63) is 106 Å². The fourth-order valence-corrected chi connectivity index (χ4v) is 4.66. The third-order valence-electron chi connectivity index (χ3n) is 6.58. The fraction of sp³-hybridized carbons (Fsp3) is 0.0667. The molecule has 9 nitrogen and oxygen atoms in total. The van der Waals surface area contributed by atoms with Gasteiger partial charge >= 0.3 is 5.63 Å². The Morgan fingerprint density at radius 3 is 2.49 bits per heavy atom. The van der Waals surface area contributed by atoms with E-state index in [1.807, 2.05) is 67.6 Å².